The highest BCUT2D eigenvalue weighted by molar-refractivity contribution is 5.44. The Morgan fingerprint density at radius 2 is 1.24 bits per heavy atom. The fraction of sp³-hybridized carbons (Fsp3) is 0.250. The summed E-state index contributed by atoms with van der Waals surface area (Å²) >= 11 is 0. The van der Waals surface area contributed by atoms with Crippen molar-refractivity contribution in [1.29, 1.82) is 0 Å². The minimum absolute atomic E-state index is 0.631. The Morgan fingerprint density at radius 1 is 0.724 bits per heavy atom. The smallest absolute Gasteiger partial charge is 0.213 e. The van der Waals surface area contributed by atoms with Crippen LogP contribution in [0.4, 0.5) is 0 Å². The molecule has 0 atom stereocenters. The molecule has 0 amide bonds. The highest BCUT2D eigenvalue weighted by Crippen LogP contribution is 2.23. The largest absolute Gasteiger partial charge is 0.481 e. The monoisotopic (exact) mass is 386 g/mol. The van der Waals surface area contributed by atoms with Crippen LogP contribution < -0.4 is 4.74 Å². The number of nitrogens with zero attached hydrogens (tertiary/aromatic N) is 4. The Kier molecular flexibility index (Phi) is 4.97. The third kappa shape index (κ3) is 3.68. The Morgan fingerprint density at radius 3 is 1.72 bits per heavy atom. The molecule has 29 heavy (non-hydrogen) atoms. The fourth-order valence-electron chi connectivity index (χ4n) is 3.82. The second kappa shape index (κ2) is 7.59. The average molecular weight is 386 g/mol. The van der Waals surface area contributed by atoms with Crippen LogP contribution in [0.1, 0.15) is 34.0 Å². The Bertz CT molecular complexity index is 1070. The summed E-state index contributed by atoms with van der Waals surface area (Å²) in [7, 11) is 1.64. The zero-order valence-corrected chi connectivity index (χ0v) is 17.6. The van der Waals surface area contributed by atoms with Crippen molar-refractivity contribution in [2.75, 3.05) is 7.11 Å². The molecule has 0 saturated heterocycles. The number of hydrogen-bond acceptors (Lipinski definition) is 3. The average Bonchev–Trinajstić information content (AvgIpc) is 3.22. The van der Waals surface area contributed by atoms with Crippen molar-refractivity contribution in [3.63, 3.8) is 0 Å². The molecule has 0 aromatic carbocycles. The van der Waals surface area contributed by atoms with Crippen LogP contribution >= 0.6 is 0 Å². The van der Waals surface area contributed by atoms with Gasteiger partial charge in [-0.25, -0.2) is 9.97 Å². The van der Waals surface area contributed by atoms with Gasteiger partial charge in [-0.2, -0.15) is 0 Å². The lowest BCUT2D eigenvalue weighted by molar-refractivity contribution is 0.396. The molecule has 4 aromatic heterocycles. The van der Waals surface area contributed by atoms with Crippen LogP contribution in [0.2, 0.25) is 0 Å². The first kappa shape index (κ1) is 19.0. The lowest BCUT2D eigenvalue weighted by Gasteiger charge is -2.15. The van der Waals surface area contributed by atoms with E-state index in [4.69, 9.17) is 9.72 Å². The number of hydrogen-bond donors (Lipinski definition) is 0. The molecule has 0 fully saturated rings. The predicted molar refractivity (Wildman–Crippen MR) is 115 cm³/mol. The summed E-state index contributed by atoms with van der Waals surface area (Å²) in [4.78, 5) is 9.60. The molecule has 0 spiro atoms. The van der Waals surface area contributed by atoms with Crippen LogP contribution in [-0.2, 0) is 6.42 Å². The molecule has 0 bridgehead atoms. The first-order chi connectivity index (χ1) is 14.0. The SMILES string of the molecule is COc1cccc(Cc2cc(-n3c(C)ccc3C)nc(-n3c(C)ccc3C)c2)n1. The van der Waals surface area contributed by atoms with E-state index in [-0.39, 0.29) is 0 Å². The van der Waals surface area contributed by atoms with Crippen LogP contribution in [0.3, 0.4) is 0 Å². The second-order valence-corrected chi connectivity index (χ2v) is 7.44. The normalized spacial score (nSPS) is 11.1. The molecule has 0 saturated carbocycles. The lowest BCUT2D eigenvalue weighted by Crippen LogP contribution is -2.09. The zero-order chi connectivity index (χ0) is 20.5. The van der Waals surface area contributed by atoms with Gasteiger partial charge in [0, 0.05) is 41.0 Å². The minimum atomic E-state index is 0.631. The van der Waals surface area contributed by atoms with E-state index < -0.39 is 0 Å². The molecule has 4 aromatic rings. The zero-order valence-electron chi connectivity index (χ0n) is 17.6. The molecule has 0 aliphatic carbocycles. The van der Waals surface area contributed by atoms with E-state index in [2.05, 4.69) is 78.2 Å². The topological polar surface area (TPSA) is 44.9 Å². The van der Waals surface area contributed by atoms with E-state index in [1.54, 1.807) is 7.11 Å². The van der Waals surface area contributed by atoms with Crippen molar-refractivity contribution in [3.05, 3.63) is 88.6 Å². The maximum Gasteiger partial charge on any atom is 0.213 e. The fourth-order valence-corrected chi connectivity index (χ4v) is 3.82. The van der Waals surface area contributed by atoms with E-state index in [9.17, 15) is 0 Å². The number of pyridine rings is 2. The van der Waals surface area contributed by atoms with Crippen LogP contribution in [0.15, 0.2) is 54.6 Å². The van der Waals surface area contributed by atoms with Crippen LogP contribution in [-0.4, -0.2) is 26.2 Å². The molecule has 0 N–H and O–H groups in total. The molecular weight excluding hydrogens is 360 g/mol. The molecule has 0 unspecified atom stereocenters. The van der Waals surface area contributed by atoms with Gasteiger partial charge in [-0.15, -0.1) is 0 Å². The van der Waals surface area contributed by atoms with Gasteiger partial charge < -0.3 is 13.9 Å². The quantitative estimate of drug-likeness (QED) is 0.490. The molecule has 0 aliphatic heterocycles. The molecule has 0 aliphatic rings. The van der Waals surface area contributed by atoms with Gasteiger partial charge in [-0.3, -0.25) is 0 Å². The summed E-state index contributed by atoms with van der Waals surface area (Å²) < 4.78 is 9.68. The van der Waals surface area contributed by atoms with Crippen LogP contribution in [0.5, 0.6) is 5.88 Å². The lowest BCUT2D eigenvalue weighted by atomic mass is 10.1. The number of ether oxygens (including phenoxy) is 1. The van der Waals surface area contributed by atoms with Gasteiger partial charge >= 0.3 is 0 Å². The third-order valence-corrected chi connectivity index (χ3v) is 5.23. The van der Waals surface area contributed by atoms with Gasteiger partial charge in [0.1, 0.15) is 11.6 Å². The molecular formula is C24H26N4O. The van der Waals surface area contributed by atoms with Crippen molar-refractivity contribution < 1.29 is 4.74 Å². The van der Waals surface area contributed by atoms with Crippen molar-refractivity contribution in [2.45, 2.75) is 34.1 Å². The number of methoxy groups -OCH3 is 1. The molecule has 4 heterocycles. The molecule has 4 rings (SSSR count). The summed E-state index contributed by atoms with van der Waals surface area (Å²) in [6, 6.07) is 18.7. The maximum absolute atomic E-state index is 5.29. The van der Waals surface area contributed by atoms with E-state index >= 15 is 0 Å². The van der Waals surface area contributed by atoms with Crippen molar-refractivity contribution in [1.82, 2.24) is 19.1 Å². The Balaban J connectivity index is 1.86. The predicted octanol–water partition coefficient (Wildman–Crippen LogP) is 4.89. The van der Waals surface area contributed by atoms with Gasteiger partial charge in [-0.05, 0) is 75.7 Å². The van der Waals surface area contributed by atoms with Crippen molar-refractivity contribution >= 4 is 0 Å². The number of rotatable bonds is 5. The van der Waals surface area contributed by atoms with Crippen molar-refractivity contribution in [3.8, 4) is 17.5 Å². The summed E-state index contributed by atoms with van der Waals surface area (Å²) in [5.41, 5.74) is 6.79. The Hall–Kier alpha value is -3.34. The number of aryl methyl sites for hydroxylation is 4. The third-order valence-electron chi connectivity index (χ3n) is 5.23. The van der Waals surface area contributed by atoms with Crippen LogP contribution in [0.25, 0.3) is 11.6 Å². The van der Waals surface area contributed by atoms with Gasteiger partial charge in [0.05, 0.1) is 7.11 Å². The summed E-state index contributed by atoms with van der Waals surface area (Å²) in [5, 5.41) is 0. The van der Waals surface area contributed by atoms with E-state index in [1.165, 1.54) is 22.8 Å². The molecule has 5 heteroatoms. The van der Waals surface area contributed by atoms with Gasteiger partial charge in [0.15, 0.2) is 0 Å². The second-order valence-electron chi connectivity index (χ2n) is 7.44. The minimum Gasteiger partial charge on any atom is -0.481 e. The first-order valence-electron chi connectivity index (χ1n) is 9.78. The Labute approximate surface area is 171 Å². The summed E-state index contributed by atoms with van der Waals surface area (Å²) in [5.74, 6) is 2.48. The highest BCUT2D eigenvalue weighted by Gasteiger charge is 2.13. The van der Waals surface area contributed by atoms with Gasteiger partial charge in [-0.1, -0.05) is 6.07 Å². The molecule has 5 nitrogen and oxygen atoms in total. The van der Waals surface area contributed by atoms with Crippen LogP contribution in [0, 0.1) is 27.7 Å². The van der Waals surface area contributed by atoms with Gasteiger partial charge in [0.25, 0.3) is 0 Å². The first-order valence-corrected chi connectivity index (χ1v) is 9.78. The van der Waals surface area contributed by atoms with E-state index in [0.717, 1.165) is 22.9 Å². The van der Waals surface area contributed by atoms with Crippen molar-refractivity contribution in [2.24, 2.45) is 0 Å². The van der Waals surface area contributed by atoms with Gasteiger partial charge in [0.2, 0.25) is 5.88 Å². The maximum atomic E-state index is 5.29. The standard InChI is InChI=1S/C24H26N4O/c1-16-9-10-17(2)27(16)22-14-20(13-21-7-6-8-24(25-21)29-5)15-23(26-22)28-18(3)11-12-19(28)4/h6-12,14-15H,13H2,1-5H3. The highest BCUT2D eigenvalue weighted by atomic mass is 16.5. The molecule has 0 radical (unpaired) electrons. The number of aromatic nitrogens is 4. The molecule has 148 valence electrons. The summed E-state index contributed by atoms with van der Waals surface area (Å²) in [6.45, 7) is 8.43. The summed E-state index contributed by atoms with van der Waals surface area (Å²) in [6.07, 6.45) is 0.707. The van der Waals surface area contributed by atoms with E-state index in [1.807, 2.05) is 18.2 Å². The van der Waals surface area contributed by atoms with E-state index in [0.29, 0.717) is 12.3 Å².